The van der Waals surface area contributed by atoms with E-state index in [9.17, 15) is 4.79 Å². The van der Waals surface area contributed by atoms with E-state index >= 15 is 0 Å². The molecule has 0 bridgehead atoms. The summed E-state index contributed by atoms with van der Waals surface area (Å²) >= 11 is 5.88. The molecule has 2 rings (SSSR count). The Balaban J connectivity index is 2.26. The molecule has 18 heavy (non-hydrogen) atoms. The molecular formula is C12H13ClN4O. The van der Waals surface area contributed by atoms with Crippen molar-refractivity contribution in [3.8, 4) is 0 Å². The van der Waals surface area contributed by atoms with Crippen molar-refractivity contribution in [3.05, 3.63) is 43.0 Å². The van der Waals surface area contributed by atoms with Crippen LogP contribution in [0.5, 0.6) is 0 Å². The highest BCUT2D eigenvalue weighted by Crippen LogP contribution is 2.16. The van der Waals surface area contributed by atoms with Gasteiger partial charge in [-0.1, -0.05) is 18.2 Å². The summed E-state index contributed by atoms with van der Waals surface area (Å²) in [6.45, 7) is 1.95. The highest BCUT2D eigenvalue weighted by molar-refractivity contribution is 6.32. The Kier molecular flexibility index (Phi) is 3.94. The van der Waals surface area contributed by atoms with Gasteiger partial charge in [0, 0.05) is 5.69 Å². The first-order chi connectivity index (χ1) is 8.68. The van der Waals surface area contributed by atoms with E-state index < -0.39 is 5.38 Å². The second-order valence-corrected chi connectivity index (χ2v) is 4.45. The number of nitrogens with zero attached hydrogens (tertiary/aromatic N) is 4. The summed E-state index contributed by atoms with van der Waals surface area (Å²) in [5.41, 5.74) is 0.783. The van der Waals surface area contributed by atoms with Gasteiger partial charge in [-0.25, -0.2) is 9.67 Å². The smallest absolute Gasteiger partial charge is 0.246 e. The van der Waals surface area contributed by atoms with Crippen molar-refractivity contribution < 1.29 is 4.79 Å². The molecule has 94 valence electrons. The molecule has 1 aromatic heterocycles. The van der Waals surface area contributed by atoms with Gasteiger partial charge in [-0.3, -0.25) is 9.69 Å². The van der Waals surface area contributed by atoms with Crippen LogP contribution in [0.2, 0.25) is 0 Å². The van der Waals surface area contributed by atoms with Gasteiger partial charge < -0.3 is 0 Å². The lowest BCUT2D eigenvalue weighted by molar-refractivity contribution is -0.118. The van der Waals surface area contributed by atoms with Gasteiger partial charge in [0.25, 0.3) is 0 Å². The maximum Gasteiger partial charge on any atom is 0.246 e. The molecule has 1 atom stereocenters. The Hall–Kier alpha value is -1.88. The molecule has 0 radical (unpaired) electrons. The number of halogens is 1. The number of alkyl halides is 1. The second kappa shape index (κ2) is 5.64. The monoisotopic (exact) mass is 264 g/mol. The number of hydrogen-bond donors (Lipinski definition) is 0. The molecule has 0 saturated heterocycles. The van der Waals surface area contributed by atoms with Crippen LogP contribution in [-0.4, -0.2) is 26.0 Å². The minimum Gasteiger partial charge on any atom is -0.291 e. The van der Waals surface area contributed by atoms with Crippen LogP contribution in [-0.2, 0) is 11.5 Å². The fourth-order valence-electron chi connectivity index (χ4n) is 1.55. The van der Waals surface area contributed by atoms with E-state index in [1.165, 1.54) is 6.33 Å². The van der Waals surface area contributed by atoms with Gasteiger partial charge in [0.15, 0.2) is 0 Å². The summed E-state index contributed by atoms with van der Waals surface area (Å²) in [6.07, 6.45) is 2.99. The predicted molar refractivity (Wildman–Crippen MR) is 69.3 cm³/mol. The average Bonchev–Trinajstić information content (AvgIpc) is 2.89. The third-order valence-corrected chi connectivity index (χ3v) is 2.61. The molecule has 0 aliphatic heterocycles. The Labute approximate surface area is 110 Å². The normalized spacial score (nSPS) is 12.1. The van der Waals surface area contributed by atoms with Crippen LogP contribution >= 0.6 is 11.6 Å². The standard InChI is InChI=1S/C12H13ClN4O/c1-10(13)12(18)17(9-16-8-14-7-15-16)11-5-3-2-4-6-11/h2-8,10H,9H2,1H3. The average molecular weight is 265 g/mol. The summed E-state index contributed by atoms with van der Waals surface area (Å²) in [7, 11) is 0. The fourth-order valence-corrected chi connectivity index (χ4v) is 1.67. The van der Waals surface area contributed by atoms with Crippen molar-refractivity contribution in [2.24, 2.45) is 0 Å². The largest absolute Gasteiger partial charge is 0.291 e. The van der Waals surface area contributed by atoms with Gasteiger partial charge in [0.1, 0.15) is 24.7 Å². The van der Waals surface area contributed by atoms with Gasteiger partial charge in [0.05, 0.1) is 0 Å². The molecule has 1 unspecified atom stereocenters. The number of anilines is 1. The number of amides is 1. The minimum absolute atomic E-state index is 0.168. The molecule has 0 saturated carbocycles. The van der Waals surface area contributed by atoms with Gasteiger partial charge >= 0.3 is 0 Å². The Bertz CT molecular complexity index is 498. The number of aromatic nitrogens is 3. The minimum atomic E-state index is -0.589. The number of benzene rings is 1. The van der Waals surface area contributed by atoms with E-state index in [4.69, 9.17) is 11.6 Å². The van der Waals surface area contributed by atoms with Crippen molar-refractivity contribution in [2.75, 3.05) is 4.90 Å². The molecule has 0 spiro atoms. The van der Waals surface area contributed by atoms with Gasteiger partial charge in [-0.05, 0) is 19.1 Å². The molecule has 1 amide bonds. The van der Waals surface area contributed by atoms with Crippen LogP contribution < -0.4 is 4.90 Å². The fraction of sp³-hybridized carbons (Fsp3) is 0.250. The van der Waals surface area contributed by atoms with Crippen LogP contribution in [0.1, 0.15) is 6.92 Å². The molecule has 0 aliphatic rings. The topological polar surface area (TPSA) is 51.0 Å². The molecule has 5 nitrogen and oxygen atoms in total. The van der Waals surface area contributed by atoms with E-state index in [-0.39, 0.29) is 5.91 Å². The van der Waals surface area contributed by atoms with Crippen LogP contribution in [0.4, 0.5) is 5.69 Å². The Morgan fingerprint density at radius 1 is 1.44 bits per heavy atom. The molecule has 0 aliphatic carbocycles. The molecule has 0 fully saturated rings. The van der Waals surface area contributed by atoms with E-state index in [0.717, 1.165) is 5.69 Å². The third kappa shape index (κ3) is 2.87. The molecular weight excluding hydrogens is 252 g/mol. The molecule has 2 aromatic rings. The summed E-state index contributed by atoms with van der Waals surface area (Å²) in [6, 6.07) is 9.35. The van der Waals surface area contributed by atoms with Crippen LogP contribution in [0.25, 0.3) is 0 Å². The summed E-state index contributed by atoms with van der Waals surface area (Å²) < 4.78 is 1.57. The zero-order valence-electron chi connectivity index (χ0n) is 9.90. The van der Waals surface area contributed by atoms with Crippen molar-refractivity contribution in [1.29, 1.82) is 0 Å². The first-order valence-corrected chi connectivity index (χ1v) is 5.95. The van der Waals surface area contributed by atoms with Gasteiger partial charge in [-0.15, -0.1) is 11.6 Å². The SMILES string of the molecule is CC(Cl)C(=O)N(Cn1cncn1)c1ccccc1. The van der Waals surface area contributed by atoms with Gasteiger partial charge in [0.2, 0.25) is 5.91 Å². The van der Waals surface area contributed by atoms with Gasteiger partial charge in [-0.2, -0.15) is 5.10 Å². The summed E-state index contributed by atoms with van der Waals surface area (Å²) in [5.74, 6) is -0.168. The quantitative estimate of drug-likeness (QED) is 0.793. The highest BCUT2D eigenvalue weighted by atomic mass is 35.5. The molecule has 0 N–H and O–H groups in total. The molecule has 6 heteroatoms. The van der Waals surface area contributed by atoms with E-state index in [0.29, 0.717) is 6.67 Å². The first kappa shape index (κ1) is 12.6. The van der Waals surface area contributed by atoms with Crippen LogP contribution in [0.15, 0.2) is 43.0 Å². The zero-order valence-corrected chi connectivity index (χ0v) is 10.7. The number of para-hydroxylation sites is 1. The van der Waals surface area contributed by atoms with Crippen molar-refractivity contribution in [3.63, 3.8) is 0 Å². The lowest BCUT2D eigenvalue weighted by Crippen LogP contribution is -2.37. The first-order valence-electron chi connectivity index (χ1n) is 5.51. The second-order valence-electron chi connectivity index (χ2n) is 3.79. The Morgan fingerprint density at radius 3 is 2.72 bits per heavy atom. The molecule has 1 heterocycles. The van der Waals surface area contributed by atoms with Crippen LogP contribution in [0.3, 0.4) is 0 Å². The zero-order chi connectivity index (χ0) is 13.0. The van der Waals surface area contributed by atoms with E-state index in [2.05, 4.69) is 10.1 Å². The summed E-state index contributed by atoms with van der Waals surface area (Å²) in [4.78, 5) is 17.5. The predicted octanol–water partition coefficient (Wildman–Crippen LogP) is 1.90. The van der Waals surface area contributed by atoms with Crippen molar-refractivity contribution in [1.82, 2.24) is 14.8 Å². The molecule has 1 aromatic carbocycles. The summed E-state index contributed by atoms with van der Waals surface area (Å²) in [5, 5.41) is 3.40. The number of carbonyl (C=O) groups is 1. The number of hydrogen-bond acceptors (Lipinski definition) is 3. The number of rotatable bonds is 4. The van der Waals surface area contributed by atoms with E-state index in [1.54, 1.807) is 22.8 Å². The lowest BCUT2D eigenvalue weighted by atomic mass is 10.3. The maximum atomic E-state index is 12.1. The Morgan fingerprint density at radius 2 is 2.17 bits per heavy atom. The van der Waals surface area contributed by atoms with Crippen molar-refractivity contribution >= 4 is 23.2 Å². The highest BCUT2D eigenvalue weighted by Gasteiger charge is 2.20. The third-order valence-electron chi connectivity index (χ3n) is 2.43. The number of carbonyl (C=O) groups excluding carboxylic acids is 1. The van der Waals surface area contributed by atoms with Crippen molar-refractivity contribution in [2.45, 2.75) is 19.0 Å². The van der Waals surface area contributed by atoms with E-state index in [1.807, 2.05) is 30.3 Å². The lowest BCUT2D eigenvalue weighted by Gasteiger charge is -2.23. The van der Waals surface area contributed by atoms with Crippen LogP contribution in [0, 0.1) is 0 Å². The maximum absolute atomic E-state index is 12.1.